The molecule has 3 aromatic rings. The number of amides is 2. The fraction of sp³-hybridized carbons (Fsp3) is 0.292. The average Bonchev–Trinajstić information content (AvgIpc) is 2.80. The number of hydrogen-bond acceptors (Lipinski definition) is 7. The van der Waals surface area contributed by atoms with E-state index in [4.69, 9.17) is 4.74 Å². The van der Waals surface area contributed by atoms with Gasteiger partial charge >= 0.3 is 6.09 Å². The number of aromatic nitrogens is 3. The van der Waals surface area contributed by atoms with E-state index in [2.05, 4.69) is 30.9 Å². The molecule has 0 aliphatic rings. The summed E-state index contributed by atoms with van der Waals surface area (Å²) in [6, 6.07) is 13.5. The van der Waals surface area contributed by atoms with Crippen molar-refractivity contribution in [1.29, 1.82) is 0 Å². The molecule has 0 spiro atoms. The van der Waals surface area contributed by atoms with Gasteiger partial charge in [-0.3, -0.25) is 9.78 Å². The van der Waals surface area contributed by atoms with E-state index >= 15 is 0 Å². The summed E-state index contributed by atoms with van der Waals surface area (Å²) in [5.74, 6) is 0.211. The van der Waals surface area contributed by atoms with Crippen molar-refractivity contribution >= 4 is 17.9 Å². The first kappa shape index (κ1) is 23.6. The fourth-order valence-electron chi connectivity index (χ4n) is 2.83. The highest BCUT2D eigenvalue weighted by atomic mass is 16.6. The van der Waals surface area contributed by atoms with Gasteiger partial charge in [-0.1, -0.05) is 24.3 Å². The van der Waals surface area contributed by atoms with Crippen molar-refractivity contribution in [1.82, 2.24) is 25.6 Å². The van der Waals surface area contributed by atoms with E-state index in [-0.39, 0.29) is 12.5 Å². The third-order valence-corrected chi connectivity index (χ3v) is 4.35. The zero-order valence-corrected chi connectivity index (χ0v) is 19.0. The molecule has 172 valence electrons. The molecule has 0 fully saturated rings. The summed E-state index contributed by atoms with van der Waals surface area (Å²) >= 11 is 0. The Morgan fingerprint density at radius 3 is 2.39 bits per heavy atom. The molecule has 0 saturated heterocycles. The summed E-state index contributed by atoms with van der Waals surface area (Å²) in [6.07, 6.45) is 4.61. The predicted octanol–water partition coefficient (Wildman–Crippen LogP) is 3.29. The fourth-order valence-corrected chi connectivity index (χ4v) is 2.83. The monoisotopic (exact) mass is 448 g/mol. The van der Waals surface area contributed by atoms with Crippen LogP contribution in [0.15, 0.2) is 61.1 Å². The van der Waals surface area contributed by atoms with Crippen LogP contribution in [0.4, 0.5) is 10.7 Å². The lowest BCUT2D eigenvalue weighted by Gasteiger charge is -2.19. The van der Waals surface area contributed by atoms with Crippen LogP contribution in [-0.4, -0.2) is 39.1 Å². The van der Waals surface area contributed by atoms with Crippen LogP contribution < -0.4 is 16.0 Å². The van der Waals surface area contributed by atoms with Crippen LogP contribution in [0, 0.1) is 0 Å². The third kappa shape index (κ3) is 8.21. The molecule has 1 aromatic carbocycles. The van der Waals surface area contributed by atoms with Gasteiger partial charge in [0.05, 0.1) is 12.2 Å². The summed E-state index contributed by atoms with van der Waals surface area (Å²) in [4.78, 5) is 36.7. The number of ether oxygens (including phenoxy) is 1. The molecule has 3 N–H and O–H groups in total. The Balaban J connectivity index is 1.49. The minimum absolute atomic E-state index is 0.157. The molecule has 9 nitrogen and oxygen atoms in total. The lowest BCUT2D eigenvalue weighted by Crippen LogP contribution is -2.39. The second kappa shape index (κ2) is 11.0. The number of pyridine rings is 1. The minimum Gasteiger partial charge on any atom is -0.444 e. The molecule has 0 aliphatic heterocycles. The van der Waals surface area contributed by atoms with Crippen molar-refractivity contribution in [2.75, 3.05) is 11.9 Å². The van der Waals surface area contributed by atoms with Gasteiger partial charge in [0, 0.05) is 30.7 Å². The second-order valence-corrected chi connectivity index (χ2v) is 8.30. The summed E-state index contributed by atoms with van der Waals surface area (Å²) in [6.45, 7) is 5.99. The van der Waals surface area contributed by atoms with Crippen molar-refractivity contribution in [2.45, 2.75) is 39.5 Å². The van der Waals surface area contributed by atoms with Gasteiger partial charge in [0.2, 0.25) is 11.9 Å². The smallest absolute Gasteiger partial charge is 0.408 e. The van der Waals surface area contributed by atoms with E-state index in [1.54, 1.807) is 39.4 Å². The van der Waals surface area contributed by atoms with Crippen LogP contribution in [0.25, 0.3) is 11.1 Å². The molecule has 3 rings (SSSR count). The van der Waals surface area contributed by atoms with Crippen LogP contribution in [-0.2, 0) is 22.6 Å². The Kier molecular flexibility index (Phi) is 7.91. The van der Waals surface area contributed by atoms with E-state index < -0.39 is 11.7 Å². The van der Waals surface area contributed by atoms with Gasteiger partial charge in [-0.05, 0) is 50.1 Å². The Morgan fingerprint density at radius 1 is 0.909 bits per heavy atom. The Morgan fingerprint density at radius 2 is 1.70 bits per heavy atom. The largest absolute Gasteiger partial charge is 0.444 e. The molecule has 0 bridgehead atoms. The molecule has 2 amide bonds. The molecule has 0 saturated carbocycles. The van der Waals surface area contributed by atoms with Gasteiger partial charge in [-0.15, -0.1) is 0 Å². The number of rotatable bonds is 8. The maximum absolute atomic E-state index is 12.0. The van der Waals surface area contributed by atoms with Crippen molar-refractivity contribution in [2.24, 2.45) is 0 Å². The van der Waals surface area contributed by atoms with Crippen LogP contribution in [0.3, 0.4) is 0 Å². The van der Waals surface area contributed by atoms with Gasteiger partial charge in [-0.2, -0.15) is 0 Å². The number of carbonyl (C=O) groups is 2. The van der Waals surface area contributed by atoms with Crippen molar-refractivity contribution in [3.8, 4) is 11.1 Å². The predicted molar refractivity (Wildman–Crippen MR) is 125 cm³/mol. The highest BCUT2D eigenvalue weighted by Crippen LogP contribution is 2.19. The van der Waals surface area contributed by atoms with E-state index in [0.717, 1.165) is 22.4 Å². The molecule has 33 heavy (non-hydrogen) atoms. The van der Waals surface area contributed by atoms with Gasteiger partial charge in [0.15, 0.2) is 0 Å². The number of anilines is 1. The maximum Gasteiger partial charge on any atom is 0.408 e. The highest BCUT2D eigenvalue weighted by Gasteiger charge is 2.16. The lowest BCUT2D eigenvalue weighted by atomic mass is 10.1. The number of nitrogens with one attached hydrogen (secondary N) is 3. The molecule has 2 heterocycles. The summed E-state index contributed by atoms with van der Waals surface area (Å²) in [7, 11) is 0. The van der Waals surface area contributed by atoms with E-state index in [1.807, 2.05) is 42.5 Å². The maximum atomic E-state index is 12.0. The van der Waals surface area contributed by atoms with Gasteiger partial charge in [-0.25, -0.2) is 14.8 Å². The molecule has 2 aromatic heterocycles. The molecule has 0 atom stereocenters. The third-order valence-electron chi connectivity index (χ3n) is 4.35. The highest BCUT2D eigenvalue weighted by molar-refractivity contribution is 5.82. The first-order valence-electron chi connectivity index (χ1n) is 10.6. The zero-order valence-electron chi connectivity index (χ0n) is 19.0. The van der Waals surface area contributed by atoms with E-state index in [9.17, 15) is 9.59 Å². The van der Waals surface area contributed by atoms with E-state index in [1.165, 1.54) is 0 Å². The number of carbonyl (C=O) groups excluding carboxylic acids is 2. The zero-order chi connectivity index (χ0) is 23.7. The molecule has 9 heteroatoms. The molecule has 0 radical (unpaired) electrons. The number of alkyl carbamates (subject to hydrolysis) is 1. The van der Waals surface area contributed by atoms with Gasteiger partial charge in [0.25, 0.3) is 0 Å². The summed E-state index contributed by atoms with van der Waals surface area (Å²) in [5, 5.41) is 8.36. The topological polar surface area (TPSA) is 118 Å². The van der Waals surface area contributed by atoms with Crippen molar-refractivity contribution < 1.29 is 14.3 Å². The standard InChI is InChI=1S/C24H28N6O3/c1-24(2,3)33-23(32)30-16-21(31)26-12-17-7-6-8-18(11-17)19-13-27-22(28-14-19)29-15-20-9-4-5-10-25-20/h4-11,13-14H,12,15-16H2,1-3H3,(H,26,31)(H,30,32)(H,27,28,29). The Hall–Kier alpha value is -4.01. The number of nitrogens with zero attached hydrogens (tertiary/aromatic N) is 3. The Bertz CT molecular complexity index is 1070. The molecular weight excluding hydrogens is 420 g/mol. The minimum atomic E-state index is -0.627. The SMILES string of the molecule is CC(C)(C)OC(=O)NCC(=O)NCc1cccc(-c2cnc(NCc3ccccn3)nc2)c1. The van der Waals surface area contributed by atoms with Crippen LogP contribution in [0.5, 0.6) is 0 Å². The van der Waals surface area contributed by atoms with E-state index in [0.29, 0.717) is 19.0 Å². The van der Waals surface area contributed by atoms with Gasteiger partial charge in [0.1, 0.15) is 12.1 Å². The first-order valence-corrected chi connectivity index (χ1v) is 10.6. The Labute approximate surface area is 193 Å². The lowest BCUT2D eigenvalue weighted by molar-refractivity contribution is -0.120. The van der Waals surface area contributed by atoms with Crippen molar-refractivity contribution in [3.63, 3.8) is 0 Å². The molecule has 0 aliphatic carbocycles. The quantitative estimate of drug-likeness (QED) is 0.484. The van der Waals surface area contributed by atoms with Crippen LogP contribution >= 0.6 is 0 Å². The van der Waals surface area contributed by atoms with Crippen molar-refractivity contribution in [3.05, 3.63) is 72.3 Å². The molecule has 0 unspecified atom stereocenters. The van der Waals surface area contributed by atoms with Crippen LogP contribution in [0.2, 0.25) is 0 Å². The van der Waals surface area contributed by atoms with Gasteiger partial charge < -0.3 is 20.7 Å². The number of benzene rings is 1. The second-order valence-electron chi connectivity index (χ2n) is 8.30. The summed E-state index contributed by atoms with van der Waals surface area (Å²) in [5.41, 5.74) is 3.00. The molecular formula is C24H28N6O3. The first-order chi connectivity index (χ1) is 15.8. The number of hydrogen-bond donors (Lipinski definition) is 3. The average molecular weight is 449 g/mol. The van der Waals surface area contributed by atoms with Crippen LogP contribution in [0.1, 0.15) is 32.0 Å². The normalized spacial score (nSPS) is 10.9. The summed E-state index contributed by atoms with van der Waals surface area (Å²) < 4.78 is 5.11.